The Balaban J connectivity index is 2.37. The minimum atomic E-state index is -0.495. The molecule has 17 heavy (non-hydrogen) atoms. The summed E-state index contributed by atoms with van der Waals surface area (Å²) in [6.45, 7) is 0. The van der Waals surface area contributed by atoms with Crippen LogP contribution in [0.25, 0.3) is 0 Å². The van der Waals surface area contributed by atoms with Gasteiger partial charge in [-0.2, -0.15) is 0 Å². The minimum absolute atomic E-state index is 0.0194. The molecule has 0 amide bonds. The van der Waals surface area contributed by atoms with E-state index in [1.807, 2.05) is 18.2 Å². The van der Waals surface area contributed by atoms with Gasteiger partial charge in [-0.15, -0.1) is 0 Å². The molecule has 0 heterocycles. The molecule has 0 unspecified atom stereocenters. The maximum atomic E-state index is 10.8. The predicted octanol–water partition coefficient (Wildman–Crippen LogP) is 3.04. The van der Waals surface area contributed by atoms with Crippen LogP contribution in [0.1, 0.15) is 0 Å². The quantitative estimate of drug-likeness (QED) is 0.627. The average molecular weight is 230 g/mol. The Morgan fingerprint density at radius 3 is 2.47 bits per heavy atom. The van der Waals surface area contributed by atoms with Gasteiger partial charge in [0.25, 0.3) is 5.69 Å². The molecule has 86 valence electrons. The Morgan fingerprint density at radius 2 is 1.82 bits per heavy atom. The van der Waals surface area contributed by atoms with Crippen molar-refractivity contribution in [1.29, 1.82) is 0 Å². The summed E-state index contributed by atoms with van der Waals surface area (Å²) in [5.41, 5.74) is 0.911. The Hall–Kier alpha value is -2.56. The lowest BCUT2D eigenvalue weighted by molar-refractivity contribution is -0.383. The van der Waals surface area contributed by atoms with E-state index in [-0.39, 0.29) is 17.1 Å². The second kappa shape index (κ2) is 4.52. The molecule has 0 aliphatic rings. The highest BCUT2D eigenvalue weighted by Crippen LogP contribution is 2.30. The highest BCUT2D eigenvalue weighted by molar-refractivity contribution is 5.70. The molecule has 0 fully saturated rings. The van der Waals surface area contributed by atoms with Crippen molar-refractivity contribution in [1.82, 2.24) is 0 Å². The van der Waals surface area contributed by atoms with Crippen molar-refractivity contribution in [2.45, 2.75) is 0 Å². The summed E-state index contributed by atoms with van der Waals surface area (Å²) in [5.74, 6) is -0.0194. The molecule has 0 aliphatic carbocycles. The van der Waals surface area contributed by atoms with Gasteiger partial charge in [-0.25, -0.2) is 0 Å². The van der Waals surface area contributed by atoms with Gasteiger partial charge in [0, 0.05) is 17.8 Å². The minimum Gasteiger partial charge on any atom is -0.508 e. The summed E-state index contributed by atoms with van der Waals surface area (Å²) in [6.07, 6.45) is 0. The van der Waals surface area contributed by atoms with Crippen LogP contribution in [0, 0.1) is 10.1 Å². The van der Waals surface area contributed by atoms with Crippen LogP contribution >= 0.6 is 0 Å². The van der Waals surface area contributed by atoms with Crippen molar-refractivity contribution in [3.05, 3.63) is 58.6 Å². The van der Waals surface area contributed by atoms with E-state index in [9.17, 15) is 15.2 Å². The molecule has 5 nitrogen and oxygen atoms in total. The molecule has 2 aromatic carbocycles. The first-order valence-corrected chi connectivity index (χ1v) is 4.96. The van der Waals surface area contributed by atoms with E-state index in [0.717, 1.165) is 5.69 Å². The van der Waals surface area contributed by atoms with E-state index < -0.39 is 4.92 Å². The van der Waals surface area contributed by atoms with Gasteiger partial charge in [0.1, 0.15) is 11.4 Å². The number of phenols is 1. The molecular formula is C12H10N2O3. The van der Waals surface area contributed by atoms with Crippen LogP contribution in [0.2, 0.25) is 0 Å². The Morgan fingerprint density at radius 1 is 1.12 bits per heavy atom. The molecule has 0 aliphatic heterocycles. The second-order valence-electron chi connectivity index (χ2n) is 3.45. The zero-order valence-corrected chi connectivity index (χ0v) is 8.83. The molecule has 2 rings (SSSR count). The van der Waals surface area contributed by atoms with Crippen molar-refractivity contribution >= 4 is 17.1 Å². The summed E-state index contributed by atoms with van der Waals surface area (Å²) < 4.78 is 0. The average Bonchev–Trinajstić information content (AvgIpc) is 2.30. The number of aromatic hydroxyl groups is 1. The van der Waals surface area contributed by atoms with E-state index in [2.05, 4.69) is 5.32 Å². The third-order valence-electron chi connectivity index (χ3n) is 2.23. The number of para-hydroxylation sites is 1. The first-order valence-electron chi connectivity index (χ1n) is 4.96. The first-order chi connectivity index (χ1) is 8.16. The molecule has 2 N–H and O–H groups in total. The SMILES string of the molecule is O=[N+]([O-])c1ccc(O)cc1Nc1ccccc1. The summed E-state index contributed by atoms with van der Waals surface area (Å²) >= 11 is 0. The molecule has 5 heteroatoms. The van der Waals surface area contributed by atoms with Gasteiger partial charge in [0.05, 0.1) is 4.92 Å². The predicted molar refractivity (Wildman–Crippen MR) is 64.5 cm³/mol. The van der Waals surface area contributed by atoms with Gasteiger partial charge in [-0.05, 0) is 18.2 Å². The van der Waals surface area contributed by atoms with E-state index in [0.29, 0.717) is 0 Å². The molecule has 0 radical (unpaired) electrons. The molecule has 2 aromatic rings. The number of nitro groups is 1. The number of nitrogens with zero attached hydrogens (tertiary/aromatic N) is 1. The van der Waals surface area contributed by atoms with Crippen molar-refractivity contribution in [3.8, 4) is 5.75 Å². The topological polar surface area (TPSA) is 75.4 Å². The summed E-state index contributed by atoms with van der Waals surface area (Å²) in [6, 6.07) is 12.9. The van der Waals surface area contributed by atoms with E-state index >= 15 is 0 Å². The lowest BCUT2D eigenvalue weighted by atomic mass is 10.2. The monoisotopic (exact) mass is 230 g/mol. The number of nitro benzene ring substituents is 1. The lowest BCUT2D eigenvalue weighted by Crippen LogP contribution is -1.96. The summed E-state index contributed by atoms with van der Waals surface area (Å²) in [4.78, 5) is 10.3. The largest absolute Gasteiger partial charge is 0.508 e. The Kier molecular flexibility index (Phi) is 2.91. The van der Waals surface area contributed by atoms with Gasteiger partial charge in [0.2, 0.25) is 0 Å². The maximum Gasteiger partial charge on any atom is 0.292 e. The molecule has 0 bridgehead atoms. The van der Waals surface area contributed by atoms with Crippen LogP contribution in [0.4, 0.5) is 17.1 Å². The number of rotatable bonds is 3. The van der Waals surface area contributed by atoms with Crippen LogP contribution in [-0.2, 0) is 0 Å². The standard InChI is InChI=1S/C12H10N2O3/c15-10-6-7-12(14(16)17)11(8-10)13-9-4-2-1-3-5-9/h1-8,13,15H. The van der Waals surface area contributed by atoms with Crippen molar-refractivity contribution in [2.24, 2.45) is 0 Å². The number of benzene rings is 2. The van der Waals surface area contributed by atoms with E-state index in [1.54, 1.807) is 12.1 Å². The maximum absolute atomic E-state index is 10.8. The Bertz CT molecular complexity index is 541. The highest BCUT2D eigenvalue weighted by Gasteiger charge is 2.13. The highest BCUT2D eigenvalue weighted by atomic mass is 16.6. The molecular weight excluding hydrogens is 220 g/mol. The van der Waals surface area contributed by atoms with E-state index in [4.69, 9.17) is 0 Å². The van der Waals surface area contributed by atoms with Crippen molar-refractivity contribution in [3.63, 3.8) is 0 Å². The zero-order valence-electron chi connectivity index (χ0n) is 8.83. The van der Waals surface area contributed by atoms with Gasteiger partial charge in [-0.1, -0.05) is 18.2 Å². The molecule has 0 spiro atoms. The fraction of sp³-hybridized carbons (Fsp3) is 0. The van der Waals surface area contributed by atoms with Crippen LogP contribution in [0.15, 0.2) is 48.5 Å². The third-order valence-corrected chi connectivity index (χ3v) is 2.23. The normalized spacial score (nSPS) is 9.88. The van der Waals surface area contributed by atoms with Gasteiger partial charge >= 0.3 is 0 Å². The number of nitrogens with one attached hydrogen (secondary N) is 1. The van der Waals surface area contributed by atoms with E-state index in [1.165, 1.54) is 18.2 Å². The van der Waals surface area contributed by atoms with Crippen LogP contribution in [0.5, 0.6) is 5.75 Å². The lowest BCUT2D eigenvalue weighted by Gasteiger charge is -2.07. The smallest absolute Gasteiger partial charge is 0.292 e. The molecule has 0 saturated heterocycles. The summed E-state index contributed by atoms with van der Waals surface area (Å²) in [5, 5.41) is 23.0. The Labute approximate surface area is 97.5 Å². The van der Waals surface area contributed by atoms with Crippen LogP contribution < -0.4 is 5.32 Å². The van der Waals surface area contributed by atoms with Gasteiger partial charge < -0.3 is 10.4 Å². The van der Waals surface area contributed by atoms with Crippen LogP contribution in [-0.4, -0.2) is 10.0 Å². The third kappa shape index (κ3) is 2.52. The molecule has 0 aromatic heterocycles. The van der Waals surface area contributed by atoms with Crippen molar-refractivity contribution in [2.75, 3.05) is 5.32 Å². The van der Waals surface area contributed by atoms with Crippen LogP contribution in [0.3, 0.4) is 0 Å². The molecule has 0 saturated carbocycles. The van der Waals surface area contributed by atoms with Gasteiger partial charge in [0.15, 0.2) is 0 Å². The second-order valence-corrected chi connectivity index (χ2v) is 3.45. The number of anilines is 2. The molecule has 0 atom stereocenters. The van der Waals surface area contributed by atoms with Crippen molar-refractivity contribution < 1.29 is 10.0 Å². The first kappa shape index (κ1) is 10.9. The zero-order chi connectivity index (χ0) is 12.3. The number of phenolic OH excluding ortho intramolecular Hbond substituents is 1. The number of hydrogen-bond donors (Lipinski definition) is 2. The number of hydrogen-bond acceptors (Lipinski definition) is 4. The fourth-order valence-electron chi connectivity index (χ4n) is 1.46. The van der Waals surface area contributed by atoms with Gasteiger partial charge in [-0.3, -0.25) is 10.1 Å². The fourth-order valence-corrected chi connectivity index (χ4v) is 1.46. The summed E-state index contributed by atoms with van der Waals surface area (Å²) in [7, 11) is 0.